The van der Waals surface area contributed by atoms with Gasteiger partial charge in [0.1, 0.15) is 11.6 Å². The third-order valence-corrected chi connectivity index (χ3v) is 7.52. The minimum absolute atomic E-state index is 0.0166. The maximum Gasteiger partial charge on any atom is 0.416 e. The normalized spacial score (nSPS) is 19.9. The Bertz CT molecular complexity index is 1600. The number of carbonyl (C=O) groups excluding carboxylic acids is 1. The lowest BCUT2D eigenvalue weighted by Crippen LogP contribution is -2.32. The van der Waals surface area contributed by atoms with Crippen LogP contribution in [0.2, 0.25) is 0 Å². The zero-order chi connectivity index (χ0) is 32.3. The van der Waals surface area contributed by atoms with Gasteiger partial charge in [-0.05, 0) is 41.3 Å². The number of aromatic nitrogens is 2. The maximum absolute atomic E-state index is 14.9. The van der Waals surface area contributed by atoms with E-state index in [1.54, 1.807) is 31.1 Å². The molecule has 0 bridgehead atoms. The zero-order valence-corrected chi connectivity index (χ0v) is 24.1. The highest BCUT2D eigenvalue weighted by Crippen LogP contribution is 2.48. The van der Waals surface area contributed by atoms with Gasteiger partial charge in [-0.15, -0.1) is 0 Å². The number of amides is 1. The minimum atomic E-state index is -5.08. The van der Waals surface area contributed by atoms with Crippen molar-refractivity contribution in [3.05, 3.63) is 82.4 Å². The van der Waals surface area contributed by atoms with Crippen molar-refractivity contribution in [1.29, 1.82) is 0 Å². The molecule has 234 valence electrons. The number of fused-ring (bicyclic) bond motifs is 1. The molecule has 7 nitrogen and oxygen atoms in total. The van der Waals surface area contributed by atoms with E-state index in [0.717, 1.165) is 0 Å². The number of halogens is 7. The van der Waals surface area contributed by atoms with Crippen molar-refractivity contribution in [2.75, 3.05) is 26.1 Å². The third kappa shape index (κ3) is 5.52. The Balaban J connectivity index is 1.62. The average molecular weight is 625 g/mol. The number of alkyl halides is 6. The van der Waals surface area contributed by atoms with Crippen LogP contribution in [0, 0.1) is 5.82 Å². The topological polar surface area (TPSA) is 67.8 Å². The van der Waals surface area contributed by atoms with Crippen molar-refractivity contribution in [2.45, 2.75) is 50.3 Å². The van der Waals surface area contributed by atoms with E-state index in [-0.39, 0.29) is 29.4 Å². The van der Waals surface area contributed by atoms with Crippen molar-refractivity contribution in [1.82, 2.24) is 14.9 Å². The fourth-order valence-corrected chi connectivity index (χ4v) is 5.37. The van der Waals surface area contributed by atoms with Crippen LogP contribution in [-0.4, -0.2) is 48.2 Å². The van der Waals surface area contributed by atoms with Crippen LogP contribution in [-0.2, 0) is 17.1 Å². The van der Waals surface area contributed by atoms with Gasteiger partial charge in [-0.1, -0.05) is 26.0 Å². The SMILES string of the molecule is COc1cc(F)c(C(C)C)cc1-c1cnc(N(C)C)nc1C1C=CC2[C@@H](c3cc(C(F)(F)F)cc(C(F)(F)F)c3)OC(=O)N12. The summed E-state index contributed by atoms with van der Waals surface area (Å²) in [4.78, 5) is 25.1. The number of nitrogens with zero attached hydrogens (tertiary/aromatic N) is 4. The van der Waals surface area contributed by atoms with E-state index in [1.807, 2.05) is 13.8 Å². The quantitative estimate of drug-likeness (QED) is 0.207. The molecule has 0 saturated carbocycles. The van der Waals surface area contributed by atoms with Gasteiger partial charge in [0, 0.05) is 37.5 Å². The number of hydrogen-bond donors (Lipinski definition) is 0. The number of cyclic esters (lactones) is 1. The van der Waals surface area contributed by atoms with Crippen LogP contribution < -0.4 is 9.64 Å². The Kier molecular flexibility index (Phi) is 7.75. The largest absolute Gasteiger partial charge is 0.496 e. The fraction of sp³-hybridized carbons (Fsp3) is 0.367. The maximum atomic E-state index is 14.9. The minimum Gasteiger partial charge on any atom is -0.496 e. The molecule has 1 saturated heterocycles. The summed E-state index contributed by atoms with van der Waals surface area (Å²) >= 11 is 0. The van der Waals surface area contributed by atoms with E-state index in [1.165, 1.54) is 30.3 Å². The second kappa shape index (κ2) is 11.0. The molecule has 5 rings (SSSR count). The third-order valence-electron chi connectivity index (χ3n) is 7.52. The first-order valence-corrected chi connectivity index (χ1v) is 13.4. The molecule has 2 aliphatic heterocycles. The lowest BCUT2D eigenvalue weighted by atomic mass is 9.94. The molecule has 44 heavy (non-hydrogen) atoms. The summed E-state index contributed by atoms with van der Waals surface area (Å²) in [6.07, 6.45) is -8.05. The molecule has 14 heteroatoms. The fourth-order valence-electron chi connectivity index (χ4n) is 5.37. The predicted molar refractivity (Wildman–Crippen MR) is 146 cm³/mol. The van der Waals surface area contributed by atoms with Crippen molar-refractivity contribution in [3.8, 4) is 16.9 Å². The highest BCUT2D eigenvalue weighted by molar-refractivity contribution is 5.78. The Morgan fingerprint density at radius 1 is 0.955 bits per heavy atom. The molecular weight excluding hydrogens is 597 g/mol. The second-order valence-electron chi connectivity index (χ2n) is 11.0. The Hall–Kier alpha value is -4.36. The van der Waals surface area contributed by atoms with Gasteiger partial charge < -0.3 is 14.4 Å². The predicted octanol–water partition coefficient (Wildman–Crippen LogP) is 7.69. The number of anilines is 1. The summed E-state index contributed by atoms with van der Waals surface area (Å²) in [7, 11) is 4.74. The Labute approximate surface area is 247 Å². The van der Waals surface area contributed by atoms with Crippen LogP contribution in [0.3, 0.4) is 0 Å². The van der Waals surface area contributed by atoms with Crippen LogP contribution in [0.1, 0.15) is 59.9 Å². The summed E-state index contributed by atoms with van der Waals surface area (Å²) in [6.45, 7) is 3.62. The monoisotopic (exact) mass is 624 g/mol. The zero-order valence-electron chi connectivity index (χ0n) is 24.1. The molecule has 2 aromatic carbocycles. The van der Waals surface area contributed by atoms with Gasteiger partial charge in [-0.3, -0.25) is 4.90 Å². The number of carbonyl (C=O) groups is 1. The molecule has 1 amide bonds. The molecule has 3 atom stereocenters. The van der Waals surface area contributed by atoms with Crippen molar-refractivity contribution >= 4 is 12.0 Å². The molecule has 0 radical (unpaired) electrons. The molecule has 1 fully saturated rings. The molecule has 3 aromatic rings. The first-order chi connectivity index (χ1) is 20.5. The number of benzene rings is 2. The highest BCUT2D eigenvalue weighted by Gasteiger charge is 2.50. The average Bonchev–Trinajstić information content (AvgIpc) is 3.52. The van der Waals surface area contributed by atoms with E-state index >= 15 is 0 Å². The summed E-state index contributed by atoms with van der Waals surface area (Å²) < 4.78 is 107. The molecule has 0 N–H and O–H groups in total. The van der Waals surface area contributed by atoms with Gasteiger partial charge in [-0.2, -0.15) is 26.3 Å². The van der Waals surface area contributed by atoms with Crippen molar-refractivity contribution in [2.24, 2.45) is 0 Å². The van der Waals surface area contributed by atoms with E-state index in [9.17, 15) is 35.5 Å². The Morgan fingerprint density at radius 2 is 1.59 bits per heavy atom. The molecular formula is C30H27F7N4O3. The van der Waals surface area contributed by atoms with Gasteiger partial charge in [0.2, 0.25) is 5.95 Å². The molecule has 2 aliphatic rings. The van der Waals surface area contributed by atoms with Crippen LogP contribution in [0.25, 0.3) is 11.1 Å². The summed E-state index contributed by atoms with van der Waals surface area (Å²) in [6, 6.07) is 1.93. The van der Waals surface area contributed by atoms with E-state index in [4.69, 9.17) is 9.47 Å². The highest BCUT2D eigenvalue weighted by atomic mass is 19.4. The van der Waals surface area contributed by atoms with E-state index in [2.05, 4.69) is 9.97 Å². The van der Waals surface area contributed by atoms with Crippen LogP contribution in [0.4, 0.5) is 41.5 Å². The van der Waals surface area contributed by atoms with Gasteiger partial charge in [-0.25, -0.2) is 19.2 Å². The van der Waals surface area contributed by atoms with Crippen molar-refractivity contribution in [3.63, 3.8) is 0 Å². The van der Waals surface area contributed by atoms with Crippen LogP contribution in [0.15, 0.2) is 48.7 Å². The number of ether oxygens (including phenoxy) is 2. The summed E-state index contributed by atoms with van der Waals surface area (Å²) in [5, 5.41) is 0. The number of rotatable bonds is 6. The number of hydrogen-bond acceptors (Lipinski definition) is 6. The van der Waals surface area contributed by atoms with Gasteiger partial charge in [0.05, 0.1) is 36.0 Å². The molecule has 0 aliphatic carbocycles. The van der Waals surface area contributed by atoms with Crippen molar-refractivity contribution < 1.29 is 45.0 Å². The molecule has 3 heterocycles. The lowest BCUT2D eigenvalue weighted by molar-refractivity contribution is -0.143. The first kappa shape index (κ1) is 31.1. The molecule has 0 spiro atoms. The van der Waals surface area contributed by atoms with Gasteiger partial charge in [0.15, 0.2) is 6.10 Å². The first-order valence-electron chi connectivity index (χ1n) is 13.4. The van der Waals surface area contributed by atoms with Crippen LogP contribution >= 0.6 is 0 Å². The Morgan fingerprint density at radius 3 is 2.14 bits per heavy atom. The second-order valence-corrected chi connectivity index (χ2v) is 11.0. The molecule has 2 unspecified atom stereocenters. The summed E-state index contributed by atoms with van der Waals surface area (Å²) in [5.74, 6) is -0.274. The number of methoxy groups -OCH3 is 1. The van der Waals surface area contributed by atoms with Gasteiger partial charge >= 0.3 is 18.4 Å². The molecule has 1 aromatic heterocycles. The van der Waals surface area contributed by atoms with Crippen LogP contribution in [0.5, 0.6) is 5.75 Å². The lowest BCUT2D eigenvalue weighted by Gasteiger charge is -2.26. The smallest absolute Gasteiger partial charge is 0.416 e. The van der Waals surface area contributed by atoms with E-state index < -0.39 is 59.1 Å². The van der Waals surface area contributed by atoms with E-state index in [0.29, 0.717) is 28.8 Å². The summed E-state index contributed by atoms with van der Waals surface area (Å²) in [5.41, 5.74) is -2.06. The van der Waals surface area contributed by atoms with Gasteiger partial charge in [0.25, 0.3) is 0 Å². The standard InChI is InChI=1S/C30H27F7N4O3/c1-14(2)18-11-19(24(43-5)12-21(18)31)20-13-38-27(40(3)4)39-25(20)22-6-7-23-26(44-28(42)41(22)23)15-8-16(29(32,33)34)10-17(9-15)30(35,36)37/h6-14,22-23,26H,1-5H3/t22?,23?,26-/m1/s1.